The number of nitrogens with zero attached hydrogens (tertiary/aromatic N) is 1. The minimum Gasteiger partial charge on any atom is -0.478 e. The topological polar surface area (TPSA) is 237 Å². The van der Waals surface area contributed by atoms with Gasteiger partial charge in [0.1, 0.15) is 17.7 Å². The molecule has 57 heavy (non-hydrogen) atoms. The maximum Gasteiger partial charge on any atom is 0.353 e. The molecule has 1 aliphatic heterocycles. The molecule has 8 N–H and O–H groups in total. The average Bonchev–Trinajstić information content (AvgIpc) is 3.95. The summed E-state index contributed by atoms with van der Waals surface area (Å²) in [5.41, 5.74) is 0.701. The van der Waals surface area contributed by atoms with Gasteiger partial charge in [-0.3, -0.25) is 24.7 Å². The fourth-order valence-corrected chi connectivity index (χ4v) is 11.9. The standard InChI is InChI=1S/C41H57N5O10S/c1-42-24-44-41(55,38(53)54)18-10-30(47)45-29(34(48)46-35(49)36(50)51)23-57-33-32-31-27(37(52)56-32)22-26(21-25-11-19-43-20-12-25)40(16-7-8-17-40)28(31)9-3-2-4-13-39(33)14-5-6-15-39/h11-12,19-20,22,27-29,33,35,42,44,49,55H,2-10,13-18,21,23-24H2,1H3,(H,45,47)(H,46,48)(H,50,51)(H,53,54). The molecule has 6 atom stereocenters. The highest BCUT2D eigenvalue weighted by Crippen LogP contribution is 2.63. The zero-order valence-electron chi connectivity index (χ0n) is 32.6. The van der Waals surface area contributed by atoms with Crippen LogP contribution in [0.2, 0.25) is 0 Å². The van der Waals surface area contributed by atoms with E-state index in [9.17, 15) is 44.4 Å². The zero-order valence-corrected chi connectivity index (χ0v) is 33.4. The molecule has 16 heteroatoms. The number of carboxylic acid groups (broad SMARTS) is 2. The number of allylic oxidation sites excluding steroid dienone is 1. The zero-order chi connectivity index (χ0) is 40.8. The van der Waals surface area contributed by atoms with Gasteiger partial charge in [-0.15, -0.1) is 11.8 Å². The molecule has 0 aromatic carbocycles. The van der Waals surface area contributed by atoms with Crippen LogP contribution >= 0.6 is 11.8 Å². The van der Waals surface area contributed by atoms with E-state index >= 15 is 0 Å². The number of nitrogens with one attached hydrogen (secondary N) is 4. The summed E-state index contributed by atoms with van der Waals surface area (Å²) in [5.74, 6) is -5.09. The minimum absolute atomic E-state index is 0.0600. The summed E-state index contributed by atoms with van der Waals surface area (Å²) < 4.78 is 6.48. The highest BCUT2D eigenvalue weighted by molar-refractivity contribution is 8.00. The Bertz CT molecular complexity index is 1730. The first-order chi connectivity index (χ1) is 27.3. The van der Waals surface area contributed by atoms with Crippen molar-refractivity contribution in [3.63, 3.8) is 0 Å². The molecule has 0 bridgehead atoms. The maximum atomic E-state index is 14.1. The molecule has 312 valence electrons. The number of fused-ring (bicyclic) bond motifs is 1. The van der Waals surface area contributed by atoms with Crippen LogP contribution in [0.1, 0.15) is 102 Å². The number of aliphatic hydroxyl groups excluding tert-OH is 1. The largest absolute Gasteiger partial charge is 0.478 e. The van der Waals surface area contributed by atoms with Gasteiger partial charge in [-0.05, 0) is 92.0 Å². The third-order valence-electron chi connectivity index (χ3n) is 13.1. The molecule has 2 saturated carbocycles. The lowest BCUT2D eigenvalue weighted by Gasteiger charge is -2.47. The van der Waals surface area contributed by atoms with Gasteiger partial charge in [0.05, 0.1) is 5.25 Å². The molecule has 6 rings (SSSR count). The summed E-state index contributed by atoms with van der Waals surface area (Å²) in [7, 11) is 1.55. The van der Waals surface area contributed by atoms with Crippen LogP contribution in [0.5, 0.6) is 0 Å². The summed E-state index contributed by atoms with van der Waals surface area (Å²) in [6, 6.07) is 2.71. The Morgan fingerprint density at radius 2 is 1.65 bits per heavy atom. The van der Waals surface area contributed by atoms with Crippen molar-refractivity contribution in [1.29, 1.82) is 0 Å². The number of carbonyl (C=O) groups excluding carboxylic acids is 3. The van der Waals surface area contributed by atoms with E-state index < -0.39 is 60.5 Å². The van der Waals surface area contributed by atoms with E-state index in [1.165, 1.54) is 17.3 Å². The number of hydrogen-bond donors (Lipinski definition) is 8. The van der Waals surface area contributed by atoms with Gasteiger partial charge in [0.15, 0.2) is 0 Å². The number of amides is 2. The van der Waals surface area contributed by atoms with E-state index in [-0.39, 0.29) is 40.4 Å². The molecule has 4 aliphatic carbocycles. The monoisotopic (exact) mass is 811 g/mol. The van der Waals surface area contributed by atoms with Crippen LogP contribution in [0.15, 0.2) is 47.5 Å². The highest BCUT2D eigenvalue weighted by Gasteiger charge is 2.57. The summed E-state index contributed by atoms with van der Waals surface area (Å²) >= 11 is 1.41. The molecule has 2 amide bonds. The lowest BCUT2D eigenvalue weighted by Crippen LogP contribution is -2.56. The Morgan fingerprint density at radius 3 is 2.30 bits per heavy atom. The van der Waals surface area contributed by atoms with Crippen molar-refractivity contribution >= 4 is 41.5 Å². The maximum absolute atomic E-state index is 14.1. The van der Waals surface area contributed by atoms with Crippen molar-refractivity contribution in [3.05, 3.63) is 53.1 Å². The first kappa shape index (κ1) is 42.8. The number of aliphatic carboxylic acids is 2. The molecule has 0 radical (unpaired) electrons. The van der Waals surface area contributed by atoms with Gasteiger partial charge < -0.3 is 41.1 Å². The van der Waals surface area contributed by atoms with Crippen LogP contribution in [0, 0.1) is 22.7 Å². The molecule has 15 nitrogen and oxygen atoms in total. The van der Waals surface area contributed by atoms with Gasteiger partial charge in [0, 0.05) is 37.7 Å². The second kappa shape index (κ2) is 18.4. The number of aromatic nitrogens is 1. The third-order valence-corrected chi connectivity index (χ3v) is 14.6. The SMILES string of the molecule is CNCNC(O)(CCC(=O)NC(CSC1C2=C3C(C=C(Cc4ccncc4)C4(CCCC4)C3CCCCCC13CCCC3)C(=O)O2)C(=O)NC(O)C(=O)O)C(=O)O. The smallest absolute Gasteiger partial charge is 0.353 e. The Balaban J connectivity index is 1.35. The Kier molecular flexibility index (Phi) is 13.8. The number of aliphatic hydroxyl groups is 2. The first-order valence-electron chi connectivity index (χ1n) is 20.4. The van der Waals surface area contributed by atoms with Crippen LogP contribution < -0.4 is 21.3 Å². The molecule has 5 aliphatic rings. The second-order valence-corrected chi connectivity index (χ2v) is 17.6. The van der Waals surface area contributed by atoms with Crippen molar-refractivity contribution < 1.29 is 49.1 Å². The van der Waals surface area contributed by atoms with E-state index in [1.54, 1.807) is 19.4 Å². The predicted molar refractivity (Wildman–Crippen MR) is 210 cm³/mol. The second-order valence-electron chi connectivity index (χ2n) is 16.5. The van der Waals surface area contributed by atoms with E-state index in [0.29, 0.717) is 5.76 Å². The quantitative estimate of drug-likeness (QED) is 0.0681. The molecule has 1 aromatic rings. The van der Waals surface area contributed by atoms with E-state index in [1.807, 2.05) is 12.1 Å². The van der Waals surface area contributed by atoms with Crippen LogP contribution in [-0.4, -0.2) is 97.8 Å². The number of hydrogen-bond acceptors (Lipinski definition) is 12. The molecule has 2 fully saturated rings. The Labute approximate surface area is 337 Å². The van der Waals surface area contributed by atoms with Crippen LogP contribution in [0.3, 0.4) is 0 Å². The van der Waals surface area contributed by atoms with Crippen molar-refractivity contribution in [3.8, 4) is 0 Å². The number of rotatable bonds is 16. The van der Waals surface area contributed by atoms with Gasteiger partial charge in [-0.2, -0.15) is 0 Å². The number of carbonyl (C=O) groups is 5. The van der Waals surface area contributed by atoms with Crippen molar-refractivity contribution in [2.75, 3.05) is 19.5 Å². The minimum atomic E-state index is -2.44. The number of thioether (sulfide) groups is 1. The first-order valence-corrected chi connectivity index (χ1v) is 21.4. The summed E-state index contributed by atoms with van der Waals surface area (Å²) in [6.07, 6.45) is 16.2. The third kappa shape index (κ3) is 9.25. The average molecular weight is 812 g/mol. The number of esters is 1. The fourth-order valence-electron chi connectivity index (χ4n) is 10.2. The van der Waals surface area contributed by atoms with Gasteiger partial charge in [-0.1, -0.05) is 56.6 Å². The lowest BCUT2D eigenvalue weighted by atomic mass is 9.57. The molecule has 6 unspecified atom stereocenters. The van der Waals surface area contributed by atoms with Gasteiger partial charge in [-0.25, -0.2) is 9.59 Å². The molecule has 1 aromatic heterocycles. The normalized spacial score (nSPS) is 25.8. The number of pyridine rings is 1. The summed E-state index contributed by atoms with van der Waals surface area (Å²) in [5, 5.41) is 49.1. The molecule has 0 saturated heterocycles. The van der Waals surface area contributed by atoms with E-state index in [4.69, 9.17) is 4.74 Å². The van der Waals surface area contributed by atoms with Crippen LogP contribution in [0.4, 0.5) is 0 Å². The molecule has 2 spiro atoms. The summed E-state index contributed by atoms with van der Waals surface area (Å²) in [4.78, 5) is 68.7. The number of ether oxygens (including phenoxy) is 1. The summed E-state index contributed by atoms with van der Waals surface area (Å²) in [6.45, 7) is -0.0601. The number of carboxylic acids is 2. The molecular formula is C41H57N5O10S. The van der Waals surface area contributed by atoms with Crippen LogP contribution in [-0.2, 0) is 35.1 Å². The Morgan fingerprint density at radius 1 is 0.982 bits per heavy atom. The van der Waals surface area contributed by atoms with Crippen molar-refractivity contribution in [1.82, 2.24) is 26.3 Å². The van der Waals surface area contributed by atoms with Gasteiger partial charge in [0.2, 0.25) is 23.8 Å². The Hall–Kier alpha value is -3.83. The predicted octanol–water partition coefficient (Wildman–Crippen LogP) is 3.12. The van der Waals surface area contributed by atoms with E-state index in [2.05, 4.69) is 32.3 Å². The van der Waals surface area contributed by atoms with Gasteiger partial charge >= 0.3 is 17.9 Å². The lowest BCUT2D eigenvalue weighted by molar-refractivity contribution is -0.164. The van der Waals surface area contributed by atoms with E-state index in [0.717, 1.165) is 101 Å². The molecular weight excluding hydrogens is 755 g/mol. The fraction of sp³-hybridized carbons (Fsp3) is 0.659. The van der Waals surface area contributed by atoms with Gasteiger partial charge in [0.25, 0.3) is 0 Å². The molecule has 2 heterocycles. The van der Waals surface area contributed by atoms with Crippen LogP contribution in [0.25, 0.3) is 0 Å². The highest BCUT2D eigenvalue weighted by atomic mass is 32.2. The van der Waals surface area contributed by atoms with Crippen molar-refractivity contribution in [2.24, 2.45) is 22.7 Å². The van der Waals surface area contributed by atoms with Crippen molar-refractivity contribution in [2.45, 2.75) is 126 Å².